The van der Waals surface area contributed by atoms with E-state index in [1.54, 1.807) is 20.2 Å². The number of Topliss-reactive ketones (excluding diaryl/α,β-unsaturated/α-hetero) is 1. The van der Waals surface area contributed by atoms with E-state index in [4.69, 9.17) is 0 Å². The smallest absolute Gasteiger partial charge is 0.151 e. The maximum Gasteiger partial charge on any atom is 0.151 e. The quantitative estimate of drug-likeness (QED) is 0.912. The monoisotopic (exact) mass is 254 g/mol. The van der Waals surface area contributed by atoms with E-state index in [0.717, 1.165) is 16.8 Å². The van der Waals surface area contributed by atoms with E-state index in [2.05, 4.69) is 29.4 Å². The van der Waals surface area contributed by atoms with E-state index in [1.165, 1.54) is 5.56 Å². The molecule has 3 heteroatoms. The van der Waals surface area contributed by atoms with Gasteiger partial charge in [0.05, 0.1) is 11.7 Å². The molecule has 2 aromatic rings. The Morgan fingerprint density at radius 1 is 1.21 bits per heavy atom. The average Bonchev–Trinajstić information content (AvgIpc) is 2.41. The van der Waals surface area contributed by atoms with Crippen LogP contribution in [0.2, 0.25) is 0 Å². The van der Waals surface area contributed by atoms with Crippen LogP contribution in [-0.4, -0.2) is 17.8 Å². The van der Waals surface area contributed by atoms with Crippen LogP contribution in [0.1, 0.15) is 24.1 Å². The predicted molar refractivity (Wildman–Crippen MR) is 76.9 cm³/mol. The summed E-state index contributed by atoms with van der Waals surface area (Å²) in [7, 11) is 1.78. The Balaban J connectivity index is 2.33. The van der Waals surface area contributed by atoms with Crippen LogP contribution in [0.25, 0.3) is 11.3 Å². The summed E-state index contributed by atoms with van der Waals surface area (Å²) in [5.41, 5.74) is 4.14. The van der Waals surface area contributed by atoms with Gasteiger partial charge in [0.25, 0.3) is 0 Å². The third kappa shape index (κ3) is 2.88. The third-order valence-electron chi connectivity index (χ3n) is 3.24. The van der Waals surface area contributed by atoms with Gasteiger partial charge < -0.3 is 5.32 Å². The van der Waals surface area contributed by atoms with Crippen LogP contribution in [0, 0.1) is 6.92 Å². The average molecular weight is 254 g/mol. The molecule has 19 heavy (non-hydrogen) atoms. The summed E-state index contributed by atoms with van der Waals surface area (Å²) in [6.45, 7) is 3.65. The summed E-state index contributed by atoms with van der Waals surface area (Å²) >= 11 is 0. The van der Waals surface area contributed by atoms with Gasteiger partial charge in [-0.3, -0.25) is 9.78 Å². The summed E-state index contributed by atoms with van der Waals surface area (Å²) in [6, 6.07) is 11.8. The molecular weight excluding hydrogens is 236 g/mol. The van der Waals surface area contributed by atoms with Crippen LogP contribution in [-0.2, 0) is 4.79 Å². The second-order valence-electron chi connectivity index (χ2n) is 4.62. The summed E-state index contributed by atoms with van der Waals surface area (Å²) in [5, 5.41) is 3.00. The van der Waals surface area contributed by atoms with Crippen molar-refractivity contribution in [1.82, 2.24) is 10.3 Å². The van der Waals surface area contributed by atoms with Gasteiger partial charge in [-0.25, -0.2) is 0 Å². The van der Waals surface area contributed by atoms with Crippen LogP contribution in [0.5, 0.6) is 0 Å². The van der Waals surface area contributed by atoms with Gasteiger partial charge in [0.2, 0.25) is 0 Å². The standard InChI is InChI=1S/C16H18N2O/c1-11-6-4-5-7-14(11)15-9-8-13(10-18-15)16(17-3)12(2)19/h4-10,16-17H,1-3H3/t16-/m1/s1. The maximum atomic E-state index is 11.5. The highest BCUT2D eigenvalue weighted by molar-refractivity contribution is 5.82. The first-order valence-corrected chi connectivity index (χ1v) is 6.33. The molecule has 0 spiro atoms. The molecule has 0 saturated carbocycles. The van der Waals surface area contributed by atoms with Crippen molar-refractivity contribution in [2.45, 2.75) is 19.9 Å². The lowest BCUT2D eigenvalue weighted by molar-refractivity contribution is -0.119. The van der Waals surface area contributed by atoms with Gasteiger partial charge in [-0.2, -0.15) is 0 Å². The first-order valence-electron chi connectivity index (χ1n) is 6.33. The number of likely N-dealkylation sites (N-methyl/N-ethyl adjacent to an activating group) is 1. The lowest BCUT2D eigenvalue weighted by Gasteiger charge is -2.13. The highest BCUT2D eigenvalue weighted by Crippen LogP contribution is 2.22. The zero-order chi connectivity index (χ0) is 13.8. The van der Waals surface area contributed by atoms with Crippen molar-refractivity contribution in [3.63, 3.8) is 0 Å². The molecule has 1 aromatic heterocycles. The molecule has 0 aliphatic rings. The van der Waals surface area contributed by atoms with Gasteiger partial charge in [0.1, 0.15) is 0 Å². The largest absolute Gasteiger partial charge is 0.307 e. The number of carbonyl (C=O) groups is 1. The van der Waals surface area contributed by atoms with Crippen LogP contribution < -0.4 is 5.32 Å². The molecular formula is C16H18N2O. The number of benzene rings is 1. The number of hydrogen-bond donors (Lipinski definition) is 1. The Hall–Kier alpha value is -2.00. The second kappa shape index (κ2) is 5.76. The van der Waals surface area contributed by atoms with Gasteiger partial charge in [-0.05, 0) is 38.1 Å². The Bertz CT molecular complexity index is 576. The molecule has 0 radical (unpaired) electrons. The molecule has 0 bridgehead atoms. The number of pyridine rings is 1. The van der Waals surface area contributed by atoms with Gasteiger partial charge in [-0.1, -0.05) is 30.3 Å². The summed E-state index contributed by atoms with van der Waals surface area (Å²) in [5.74, 6) is 0.0907. The van der Waals surface area contributed by atoms with Crippen LogP contribution >= 0.6 is 0 Å². The molecule has 1 aromatic carbocycles. The van der Waals surface area contributed by atoms with E-state index in [9.17, 15) is 4.79 Å². The van der Waals surface area contributed by atoms with E-state index in [0.29, 0.717) is 0 Å². The predicted octanol–water partition coefficient (Wildman–Crippen LogP) is 2.91. The zero-order valence-electron chi connectivity index (χ0n) is 11.5. The molecule has 0 fully saturated rings. The Labute approximate surface area is 113 Å². The molecule has 0 amide bonds. The summed E-state index contributed by atoms with van der Waals surface area (Å²) in [6.07, 6.45) is 1.77. The number of nitrogens with zero attached hydrogens (tertiary/aromatic N) is 1. The van der Waals surface area contributed by atoms with Gasteiger partial charge in [0.15, 0.2) is 5.78 Å². The van der Waals surface area contributed by atoms with Crippen LogP contribution in [0.4, 0.5) is 0 Å². The topological polar surface area (TPSA) is 42.0 Å². The minimum Gasteiger partial charge on any atom is -0.307 e. The normalized spacial score (nSPS) is 12.2. The fourth-order valence-electron chi connectivity index (χ4n) is 2.20. The molecule has 1 heterocycles. The van der Waals surface area contributed by atoms with Gasteiger partial charge >= 0.3 is 0 Å². The minimum absolute atomic E-state index is 0.0907. The summed E-state index contributed by atoms with van der Waals surface area (Å²) < 4.78 is 0. The number of nitrogens with one attached hydrogen (secondary N) is 1. The SMILES string of the molecule is CN[C@H](C(C)=O)c1ccc(-c2ccccc2C)nc1. The first kappa shape index (κ1) is 13.4. The van der Waals surface area contributed by atoms with Gasteiger partial charge in [-0.15, -0.1) is 0 Å². The number of aryl methyl sites for hydroxylation is 1. The fourth-order valence-corrected chi connectivity index (χ4v) is 2.20. The highest BCUT2D eigenvalue weighted by atomic mass is 16.1. The Morgan fingerprint density at radius 3 is 2.47 bits per heavy atom. The molecule has 0 aliphatic carbocycles. The van der Waals surface area contributed by atoms with Crippen molar-refractivity contribution >= 4 is 5.78 Å². The van der Waals surface area contributed by atoms with Crippen molar-refractivity contribution in [3.05, 3.63) is 53.7 Å². The van der Waals surface area contributed by atoms with Crippen molar-refractivity contribution in [1.29, 1.82) is 0 Å². The minimum atomic E-state index is -0.279. The fraction of sp³-hybridized carbons (Fsp3) is 0.250. The third-order valence-corrected chi connectivity index (χ3v) is 3.24. The van der Waals surface area contributed by atoms with E-state index in [-0.39, 0.29) is 11.8 Å². The second-order valence-corrected chi connectivity index (χ2v) is 4.62. The lowest BCUT2D eigenvalue weighted by Crippen LogP contribution is -2.23. The molecule has 98 valence electrons. The molecule has 1 atom stereocenters. The lowest BCUT2D eigenvalue weighted by atomic mass is 10.0. The molecule has 1 N–H and O–H groups in total. The van der Waals surface area contributed by atoms with Crippen molar-refractivity contribution in [2.24, 2.45) is 0 Å². The maximum absolute atomic E-state index is 11.5. The van der Waals surface area contributed by atoms with Crippen LogP contribution in [0.3, 0.4) is 0 Å². The Morgan fingerprint density at radius 2 is 1.95 bits per heavy atom. The van der Waals surface area contributed by atoms with Crippen LogP contribution in [0.15, 0.2) is 42.6 Å². The summed E-state index contributed by atoms with van der Waals surface area (Å²) in [4.78, 5) is 16.0. The molecule has 0 saturated heterocycles. The van der Waals surface area contributed by atoms with Crippen molar-refractivity contribution in [2.75, 3.05) is 7.05 Å². The highest BCUT2D eigenvalue weighted by Gasteiger charge is 2.14. The number of carbonyl (C=O) groups excluding carboxylic acids is 1. The first-order chi connectivity index (χ1) is 9.13. The van der Waals surface area contributed by atoms with E-state index >= 15 is 0 Å². The molecule has 3 nitrogen and oxygen atoms in total. The van der Waals surface area contributed by atoms with Crippen molar-refractivity contribution in [3.8, 4) is 11.3 Å². The molecule has 2 rings (SSSR count). The zero-order valence-corrected chi connectivity index (χ0v) is 11.5. The number of ketones is 1. The number of aromatic nitrogens is 1. The number of hydrogen-bond acceptors (Lipinski definition) is 3. The number of rotatable bonds is 4. The van der Waals surface area contributed by atoms with Gasteiger partial charge in [0, 0.05) is 11.8 Å². The Kier molecular flexibility index (Phi) is 4.07. The molecule has 0 aliphatic heterocycles. The van der Waals surface area contributed by atoms with Crippen molar-refractivity contribution < 1.29 is 4.79 Å². The molecule has 0 unspecified atom stereocenters. The van der Waals surface area contributed by atoms with E-state index < -0.39 is 0 Å². The van der Waals surface area contributed by atoms with E-state index in [1.807, 2.05) is 24.3 Å².